The first kappa shape index (κ1) is 17.5. The Morgan fingerprint density at radius 2 is 1.96 bits per heavy atom. The Morgan fingerprint density at radius 1 is 1.15 bits per heavy atom. The minimum atomic E-state index is 0.295. The number of imidazole rings is 1. The Labute approximate surface area is 158 Å². The SMILES string of the molecule is COc1ccc(Oc2nccnc2C2CCCN(Cc3cnc[nH]3)C2)cc1. The van der Waals surface area contributed by atoms with E-state index < -0.39 is 0 Å². The monoisotopic (exact) mass is 365 g/mol. The van der Waals surface area contributed by atoms with Crippen LogP contribution in [0.5, 0.6) is 17.4 Å². The van der Waals surface area contributed by atoms with E-state index in [1.165, 1.54) is 0 Å². The van der Waals surface area contributed by atoms with Crippen LogP contribution in [0.3, 0.4) is 0 Å². The lowest BCUT2D eigenvalue weighted by Crippen LogP contribution is -2.34. The first-order chi connectivity index (χ1) is 13.3. The molecule has 1 N–H and O–H groups in total. The molecule has 0 saturated carbocycles. The van der Waals surface area contributed by atoms with Crippen molar-refractivity contribution in [1.82, 2.24) is 24.8 Å². The fourth-order valence-electron chi connectivity index (χ4n) is 3.48. The van der Waals surface area contributed by atoms with Crippen LogP contribution in [-0.2, 0) is 6.54 Å². The summed E-state index contributed by atoms with van der Waals surface area (Å²) in [6.07, 6.45) is 9.22. The number of ether oxygens (including phenoxy) is 2. The molecule has 0 spiro atoms. The van der Waals surface area contributed by atoms with Gasteiger partial charge in [-0.15, -0.1) is 0 Å². The molecule has 3 aromatic rings. The molecule has 0 amide bonds. The van der Waals surface area contributed by atoms with Gasteiger partial charge in [-0.05, 0) is 43.7 Å². The fraction of sp³-hybridized carbons (Fsp3) is 0.350. The first-order valence-electron chi connectivity index (χ1n) is 9.14. The Bertz CT molecular complexity index is 851. The summed E-state index contributed by atoms with van der Waals surface area (Å²) in [6.45, 7) is 2.87. The minimum Gasteiger partial charge on any atom is -0.497 e. The quantitative estimate of drug-likeness (QED) is 0.722. The number of hydrogen-bond donors (Lipinski definition) is 1. The number of methoxy groups -OCH3 is 1. The van der Waals surface area contributed by atoms with Gasteiger partial charge in [0.15, 0.2) is 0 Å². The van der Waals surface area contributed by atoms with Crippen LogP contribution in [0.25, 0.3) is 0 Å². The summed E-state index contributed by atoms with van der Waals surface area (Å²) in [5.41, 5.74) is 2.05. The van der Waals surface area contributed by atoms with E-state index in [0.717, 1.165) is 55.4 Å². The van der Waals surface area contributed by atoms with Crippen molar-refractivity contribution in [2.75, 3.05) is 20.2 Å². The molecule has 2 aromatic heterocycles. The summed E-state index contributed by atoms with van der Waals surface area (Å²) in [6, 6.07) is 7.50. The van der Waals surface area contributed by atoms with Gasteiger partial charge in [0.2, 0.25) is 5.88 Å². The molecule has 1 saturated heterocycles. The molecular formula is C20H23N5O2. The molecule has 1 aromatic carbocycles. The van der Waals surface area contributed by atoms with E-state index in [4.69, 9.17) is 9.47 Å². The largest absolute Gasteiger partial charge is 0.497 e. The lowest BCUT2D eigenvalue weighted by Gasteiger charge is -2.32. The van der Waals surface area contributed by atoms with Crippen molar-refractivity contribution in [2.24, 2.45) is 0 Å². The number of rotatable bonds is 6. The minimum absolute atomic E-state index is 0.295. The van der Waals surface area contributed by atoms with Gasteiger partial charge in [-0.2, -0.15) is 0 Å². The number of nitrogens with zero attached hydrogens (tertiary/aromatic N) is 4. The molecule has 1 atom stereocenters. The van der Waals surface area contributed by atoms with Crippen molar-refractivity contribution in [3.05, 3.63) is 60.6 Å². The van der Waals surface area contributed by atoms with E-state index in [0.29, 0.717) is 11.8 Å². The second kappa shape index (κ2) is 8.18. The Hall–Kier alpha value is -2.93. The van der Waals surface area contributed by atoms with E-state index in [-0.39, 0.29) is 0 Å². The molecule has 3 heterocycles. The second-order valence-electron chi connectivity index (χ2n) is 6.68. The average molecular weight is 365 g/mol. The van der Waals surface area contributed by atoms with Crippen LogP contribution in [0.1, 0.15) is 30.1 Å². The van der Waals surface area contributed by atoms with Crippen LogP contribution in [0, 0.1) is 0 Å². The van der Waals surface area contributed by atoms with Gasteiger partial charge < -0.3 is 14.5 Å². The normalized spacial score (nSPS) is 17.6. The van der Waals surface area contributed by atoms with E-state index >= 15 is 0 Å². The van der Waals surface area contributed by atoms with E-state index in [1.54, 1.807) is 25.8 Å². The number of piperidine rings is 1. The van der Waals surface area contributed by atoms with Crippen molar-refractivity contribution in [2.45, 2.75) is 25.3 Å². The zero-order valence-corrected chi connectivity index (χ0v) is 15.3. The predicted octanol–water partition coefficient (Wildman–Crippen LogP) is 3.38. The van der Waals surface area contributed by atoms with Crippen molar-refractivity contribution in [1.29, 1.82) is 0 Å². The third-order valence-electron chi connectivity index (χ3n) is 4.81. The molecular weight excluding hydrogens is 342 g/mol. The van der Waals surface area contributed by atoms with Crippen molar-refractivity contribution in [3.63, 3.8) is 0 Å². The molecule has 1 fully saturated rings. The maximum atomic E-state index is 6.04. The molecule has 1 aliphatic rings. The van der Waals surface area contributed by atoms with Crippen molar-refractivity contribution >= 4 is 0 Å². The highest BCUT2D eigenvalue weighted by molar-refractivity contribution is 5.35. The number of benzene rings is 1. The van der Waals surface area contributed by atoms with Crippen LogP contribution < -0.4 is 9.47 Å². The van der Waals surface area contributed by atoms with Crippen LogP contribution in [0.4, 0.5) is 0 Å². The zero-order valence-electron chi connectivity index (χ0n) is 15.3. The molecule has 1 aliphatic heterocycles. The maximum absolute atomic E-state index is 6.04. The highest BCUT2D eigenvalue weighted by Gasteiger charge is 2.26. The lowest BCUT2D eigenvalue weighted by molar-refractivity contribution is 0.195. The van der Waals surface area contributed by atoms with Crippen LogP contribution in [0.15, 0.2) is 49.2 Å². The third-order valence-corrected chi connectivity index (χ3v) is 4.81. The van der Waals surface area contributed by atoms with Gasteiger partial charge in [0.1, 0.15) is 17.2 Å². The first-order valence-corrected chi connectivity index (χ1v) is 9.14. The standard InChI is InChI=1S/C20H23N5O2/c1-26-17-4-6-18(7-5-17)27-20-19(22-8-9-23-20)15-3-2-10-25(12-15)13-16-11-21-14-24-16/h4-9,11,14-15H,2-3,10,12-13H2,1H3,(H,21,24). The van der Waals surface area contributed by atoms with Gasteiger partial charge in [-0.3, -0.25) is 9.88 Å². The molecule has 7 heteroatoms. The van der Waals surface area contributed by atoms with Crippen LogP contribution >= 0.6 is 0 Å². The summed E-state index contributed by atoms with van der Waals surface area (Å²) in [4.78, 5) is 18.8. The number of hydrogen-bond acceptors (Lipinski definition) is 6. The molecule has 7 nitrogen and oxygen atoms in total. The topological polar surface area (TPSA) is 76.2 Å². The molecule has 0 radical (unpaired) electrons. The van der Waals surface area contributed by atoms with E-state index in [1.807, 2.05) is 30.5 Å². The molecule has 140 valence electrons. The Balaban J connectivity index is 1.49. The van der Waals surface area contributed by atoms with E-state index in [9.17, 15) is 0 Å². The lowest BCUT2D eigenvalue weighted by atomic mass is 9.94. The van der Waals surface area contributed by atoms with Gasteiger partial charge >= 0.3 is 0 Å². The number of nitrogens with one attached hydrogen (secondary N) is 1. The molecule has 0 bridgehead atoms. The third kappa shape index (κ3) is 4.25. The smallest absolute Gasteiger partial charge is 0.241 e. The van der Waals surface area contributed by atoms with Gasteiger partial charge in [-0.1, -0.05) is 0 Å². The summed E-state index contributed by atoms with van der Waals surface area (Å²) in [7, 11) is 1.65. The number of H-pyrrole nitrogens is 1. The van der Waals surface area contributed by atoms with Gasteiger partial charge in [0, 0.05) is 43.3 Å². The average Bonchev–Trinajstić information content (AvgIpc) is 3.22. The number of aromatic amines is 1. The fourth-order valence-corrected chi connectivity index (χ4v) is 3.48. The number of aromatic nitrogens is 4. The van der Waals surface area contributed by atoms with Crippen LogP contribution in [0.2, 0.25) is 0 Å². The summed E-state index contributed by atoms with van der Waals surface area (Å²) < 4.78 is 11.2. The molecule has 1 unspecified atom stereocenters. The highest BCUT2D eigenvalue weighted by atomic mass is 16.5. The zero-order chi connectivity index (χ0) is 18.5. The summed E-state index contributed by atoms with van der Waals surface area (Å²) in [5.74, 6) is 2.39. The molecule has 0 aliphatic carbocycles. The molecule has 27 heavy (non-hydrogen) atoms. The molecule has 4 rings (SSSR count). The van der Waals surface area contributed by atoms with Crippen LogP contribution in [-0.4, -0.2) is 45.0 Å². The summed E-state index contributed by atoms with van der Waals surface area (Å²) >= 11 is 0. The highest BCUT2D eigenvalue weighted by Crippen LogP contribution is 2.33. The van der Waals surface area contributed by atoms with Crippen molar-refractivity contribution < 1.29 is 9.47 Å². The maximum Gasteiger partial charge on any atom is 0.241 e. The van der Waals surface area contributed by atoms with Gasteiger partial charge in [-0.25, -0.2) is 9.97 Å². The van der Waals surface area contributed by atoms with Gasteiger partial charge in [0.25, 0.3) is 0 Å². The predicted molar refractivity (Wildman–Crippen MR) is 101 cm³/mol. The summed E-state index contributed by atoms with van der Waals surface area (Å²) in [5, 5.41) is 0. The van der Waals surface area contributed by atoms with Crippen molar-refractivity contribution in [3.8, 4) is 17.4 Å². The number of likely N-dealkylation sites (tertiary alicyclic amines) is 1. The Kier molecular flexibility index (Phi) is 5.29. The van der Waals surface area contributed by atoms with Gasteiger partial charge in [0.05, 0.1) is 13.4 Å². The second-order valence-corrected chi connectivity index (χ2v) is 6.68. The Morgan fingerprint density at radius 3 is 2.74 bits per heavy atom. The van der Waals surface area contributed by atoms with E-state index in [2.05, 4.69) is 24.8 Å².